The van der Waals surface area contributed by atoms with E-state index in [9.17, 15) is 0 Å². The van der Waals surface area contributed by atoms with Gasteiger partial charge in [0.25, 0.3) is 0 Å². The number of furan rings is 2. The number of fused-ring (bicyclic) bond motifs is 9. The van der Waals surface area contributed by atoms with Crippen LogP contribution < -0.4 is 0 Å². The van der Waals surface area contributed by atoms with Crippen LogP contribution >= 0.6 is 0 Å². The predicted octanol–water partition coefficient (Wildman–Crippen LogP) is 15.1. The summed E-state index contributed by atoms with van der Waals surface area (Å²) in [5, 5.41) is 6.49. The number of aromatic nitrogens is 4. The zero-order chi connectivity index (χ0) is 41.4. The quantitative estimate of drug-likeness (QED) is 0.167. The fourth-order valence-electron chi connectivity index (χ4n) is 9.27. The Bertz CT molecular complexity index is 3900. The van der Waals surface area contributed by atoms with E-state index in [0.717, 1.165) is 77.4 Å². The maximum atomic E-state index is 6.58. The van der Waals surface area contributed by atoms with Gasteiger partial charge in [-0.05, 0) is 95.1 Å². The van der Waals surface area contributed by atoms with Crippen molar-refractivity contribution in [2.75, 3.05) is 0 Å². The maximum absolute atomic E-state index is 6.58. The maximum Gasteiger partial charge on any atom is 0.164 e. The van der Waals surface area contributed by atoms with Gasteiger partial charge in [0.2, 0.25) is 0 Å². The zero-order valence-electron chi connectivity index (χ0n) is 33.7. The van der Waals surface area contributed by atoms with E-state index >= 15 is 0 Å². The second kappa shape index (κ2) is 14.0. The second-order valence-corrected chi connectivity index (χ2v) is 16.0. The summed E-state index contributed by atoms with van der Waals surface area (Å²) < 4.78 is 15.2. The van der Waals surface area contributed by atoms with Gasteiger partial charge in [-0.1, -0.05) is 133 Å². The highest BCUT2D eigenvalue weighted by molar-refractivity contribution is 6.13. The van der Waals surface area contributed by atoms with E-state index in [1.165, 1.54) is 32.9 Å². The first kappa shape index (κ1) is 35.2. The zero-order valence-corrected chi connectivity index (χ0v) is 33.7. The minimum atomic E-state index is 0.560. The molecule has 0 fully saturated rings. The normalized spacial score (nSPS) is 11.8. The molecule has 9 aromatic carbocycles. The van der Waals surface area contributed by atoms with Crippen molar-refractivity contribution in [2.24, 2.45) is 0 Å². The number of para-hydroxylation sites is 2. The third-order valence-electron chi connectivity index (χ3n) is 12.3. The molecule has 294 valence electrons. The molecule has 0 atom stereocenters. The van der Waals surface area contributed by atoms with Crippen molar-refractivity contribution in [1.29, 1.82) is 0 Å². The summed E-state index contributed by atoms with van der Waals surface area (Å²) in [6.07, 6.45) is 0. The van der Waals surface area contributed by atoms with Crippen LogP contribution in [0.15, 0.2) is 215 Å². The largest absolute Gasteiger partial charge is 0.456 e. The molecule has 6 nitrogen and oxygen atoms in total. The van der Waals surface area contributed by atoms with Gasteiger partial charge in [-0.25, -0.2) is 15.0 Å². The Morgan fingerprint density at radius 3 is 1.59 bits per heavy atom. The fraction of sp³-hybridized carbons (Fsp3) is 0. The van der Waals surface area contributed by atoms with Crippen LogP contribution in [0.1, 0.15) is 0 Å². The van der Waals surface area contributed by atoms with Crippen molar-refractivity contribution in [3.8, 4) is 62.1 Å². The van der Waals surface area contributed by atoms with E-state index in [-0.39, 0.29) is 0 Å². The average Bonchev–Trinajstić information content (AvgIpc) is 4.03. The molecule has 0 aliphatic rings. The molecule has 0 aliphatic heterocycles. The van der Waals surface area contributed by atoms with Crippen LogP contribution in [-0.2, 0) is 0 Å². The summed E-state index contributed by atoms with van der Waals surface area (Å²) in [7, 11) is 0. The van der Waals surface area contributed by atoms with Gasteiger partial charge in [0.15, 0.2) is 17.5 Å². The molecule has 4 aromatic heterocycles. The summed E-state index contributed by atoms with van der Waals surface area (Å²) in [6.45, 7) is 0. The number of rotatable bonds is 6. The van der Waals surface area contributed by atoms with Gasteiger partial charge in [0, 0.05) is 54.7 Å². The van der Waals surface area contributed by atoms with E-state index in [2.05, 4.69) is 144 Å². The van der Waals surface area contributed by atoms with E-state index in [1.807, 2.05) is 66.7 Å². The molecule has 0 N–H and O–H groups in total. The topological polar surface area (TPSA) is 69.9 Å². The Labute approximate surface area is 361 Å². The molecule has 13 rings (SSSR count). The molecule has 0 amide bonds. The molecule has 4 heterocycles. The molecule has 0 saturated heterocycles. The molecule has 0 spiro atoms. The highest BCUT2D eigenvalue weighted by Gasteiger charge is 2.20. The lowest BCUT2D eigenvalue weighted by molar-refractivity contribution is 0.668. The van der Waals surface area contributed by atoms with Gasteiger partial charge in [0.05, 0.1) is 11.0 Å². The van der Waals surface area contributed by atoms with Gasteiger partial charge in [-0.15, -0.1) is 0 Å². The lowest BCUT2D eigenvalue weighted by atomic mass is 9.99. The highest BCUT2D eigenvalue weighted by Crippen LogP contribution is 2.40. The summed E-state index contributed by atoms with van der Waals surface area (Å²) in [5.74, 6) is 1.73. The first-order valence-corrected chi connectivity index (χ1v) is 21.1. The summed E-state index contributed by atoms with van der Waals surface area (Å²) in [6, 6.07) is 71.7. The summed E-state index contributed by atoms with van der Waals surface area (Å²) >= 11 is 0. The van der Waals surface area contributed by atoms with Crippen LogP contribution in [-0.4, -0.2) is 19.5 Å². The second-order valence-electron chi connectivity index (χ2n) is 16.0. The van der Waals surface area contributed by atoms with Crippen molar-refractivity contribution in [3.05, 3.63) is 206 Å². The van der Waals surface area contributed by atoms with Crippen molar-refractivity contribution in [1.82, 2.24) is 19.5 Å². The molecule has 0 saturated carbocycles. The van der Waals surface area contributed by atoms with E-state index in [1.54, 1.807) is 0 Å². The van der Waals surface area contributed by atoms with Crippen LogP contribution in [0, 0.1) is 0 Å². The molecular weight excluding hydrogens is 773 g/mol. The Balaban J connectivity index is 0.933. The third kappa shape index (κ3) is 5.76. The molecule has 0 radical (unpaired) electrons. The Hall–Kier alpha value is -8.61. The van der Waals surface area contributed by atoms with Gasteiger partial charge < -0.3 is 13.4 Å². The minimum Gasteiger partial charge on any atom is -0.456 e. The van der Waals surface area contributed by atoms with Crippen LogP contribution in [0.5, 0.6) is 0 Å². The summed E-state index contributed by atoms with van der Waals surface area (Å²) in [5.41, 5.74) is 13.9. The minimum absolute atomic E-state index is 0.560. The lowest BCUT2D eigenvalue weighted by Crippen LogP contribution is -2.00. The van der Waals surface area contributed by atoms with Crippen molar-refractivity contribution < 1.29 is 8.83 Å². The van der Waals surface area contributed by atoms with Crippen molar-refractivity contribution in [2.45, 2.75) is 0 Å². The molecule has 6 heteroatoms. The Kier molecular flexibility index (Phi) is 7.80. The fourth-order valence-corrected chi connectivity index (χ4v) is 9.27. The lowest BCUT2D eigenvalue weighted by Gasteiger charge is -2.09. The highest BCUT2D eigenvalue weighted by atomic mass is 16.3. The first-order valence-electron chi connectivity index (χ1n) is 21.1. The smallest absolute Gasteiger partial charge is 0.164 e. The Morgan fingerprint density at radius 1 is 0.302 bits per heavy atom. The third-order valence-corrected chi connectivity index (χ3v) is 12.3. The summed E-state index contributed by atoms with van der Waals surface area (Å²) in [4.78, 5) is 15.2. The van der Waals surface area contributed by atoms with Crippen LogP contribution in [0.2, 0.25) is 0 Å². The average molecular weight is 807 g/mol. The predicted molar refractivity (Wildman–Crippen MR) is 256 cm³/mol. The van der Waals surface area contributed by atoms with Gasteiger partial charge in [-0.3, -0.25) is 0 Å². The number of benzene rings is 9. The van der Waals surface area contributed by atoms with E-state index in [0.29, 0.717) is 17.5 Å². The van der Waals surface area contributed by atoms with Crippen LogP contribution in [0.25, 0.3) is 128 Å². The van der Waals surface area contributed by atoms with Crippen LogP contribution in [0.3, 0.4) is 0 Å². The molecular formula is C57H34N4O2. The van der Waals surface area contributed by atoms with Crippen LogP contribution in [0.4, 0.5) is 0 Å². The van der Waals surface area contributed by atoms with Gasteiger partial charge in [-0.2, -0.15) is 0 Å². The molecule has 0 aliphatic carbocycles. The Morgan fingerprint density at radius 2 is 0.841 bits per heavy atom. The number of hydrogen-bond donors (Lipinski definition) is 0. The number of nitrogens with zero attached hydrogens (tertiary/aromatic N) is 4. The molecule has 63 heavy (non-hydrogen) atoms. The molecule has 0 unspecified atom stereocenters. The number of hydrogen-bond acceptors (Lipinski definition) is 5. The SMILES string of the molecule is c1ccc(-c2ccc3c(c2)c2cc(-c4ccc5oc6cc(-c7nc(-c8ccccc8)nc(-c8cccc9oc%10ccccc%10c89)n7)ccc6c5c4)ccc2n3-c2ccccc2)cc1. The van der Waals surface area contributed by atoms with E-state index in [4.69, 9.17) is 23.8 Å². The first-order chi connectivity index (χ1) is 31.2. The molecule has 13 aromatic rings. The van der Waals surface area contributed by atoms with Gasteiger partial charge in [0.1, 0.15) is 22.3 Å². The monoisotopic (exact) mass is 806 g/mol. The van der Waals surface area contributed by atoms with Crippen molar-refractivity contribution in [3.63, 3.8) is 0 Å². The standard InChI is InChI=1S/C57H34N4O2/c1-4-13-35(14-5-1)37-24-28-48-45(31-37)46-32-38(25-29-49(46)61(48)41-17-8-3-9-18-41)39-26-30-51-47(33-39)42-27-23-40(34-53(42)63-51)56-58-55(36-15-6-2-7-16-36)59-57(60-56)44-20-12-22-52-54(44)43-19-10-11-21-50(43)62-52/h1-34H. The van der Waals surface area contributed by atoms with E-state index < -0.39 is 0 Å². The van der Waals surface area contributed by atoms with Gasteiger partial charge >= 0.3 is 0 Å². The molecule has 0 bridgehead atoms. The van der Waals surface area contributed by atoms with Crippen molar-refractivity contribution >= 4 is 65.7 Å².